The molecular formula is C22H25N3O3. The zero-order valence-electron chi connectivity index (χ0n) is 16.1. The summed E-state index contributed by atoms with van der Waals surface area (Å²) in [5.74, 6) is -0.888. The summed E-state index contributed by atoms with van der Waals surface area (Å²) in [5, 5.41) is 4.15. The Bertz CT molecular complexity index is 978. The number of hydrogen-bond acceptors (Lipinski definition) is 3. The quantitative estimate of drug-likeness (QED) is 0.781. The summed E-state index contributed by atoms with van der Waals surface area (Å²) in [5.41, 5.74) is 1.67. The highest BCUT2D eigenvalue weighted by molar-refractivity contribution is 5.93. The normalized spacial score (nSPS) is 30.6. The van der Waals surface area contributed by atoms with Gasteiger partial charge in [-0.15, -0.1) is 0 Å². The van der Waals surface area contributed by atoms with Gasteiger partial charge in [0.15, 0.2) is 0 Å². The zero-order valence-corrected chi connectivity index (χ0v) is 16.1. The van der Waals surface area contributed by atoms with Gasteiger partial charge in [-0.1, -0.05) is 30.4 Å². The van der Waals surface area contributed by atoms with Crippen molar-refractivity contribution in [3.05, 3.63) is 48.2 Å². The molecule has 3 aliphatic rings. The topological polar surface area (TPSA) is 74.4 Å². The number of aromatic amines is 1. The molecule has 2 aromatic rings. The van der Waals surface area contributed by atoms with Crippen LogP contribution in [0.15, 0.2) is 42.6 Å². The smallest absolute Gasteiger partial charge is 0.230 e. The molecule has 4 heterocycles. The number of ether oxygens (including phenoxy) is 1. The molecule has 0 radical (unpaired) electrons. The van der Waals surface area contributed by atoms with Crippen LogP contribution < -0.4 is 5.32 Å². The summed E-state index contributed by atoms with van der Waals surface area (Å²) in [6.07, 6.45) is 6.46. The number of H-pyrrole nitrogens is 1. The standard InChI is InChI=1S/C22H25N3O3/c1-13(2)24-20(26)18-17-7-9-22(28-17)12-25(21(27)19(18)22)10-8-14-11-23-16-6-4-3-5-15(14)16/h3-7,9,11,13,17-19,23H,8,10,12H2,1-2H3,(H,24,26)/t17-,18-,19+,22-/m1/s1. The average molecular weight is 379 g/mol. The number of benzene rings is 1. The molecule has 2 fully saturated rings. The van der Waals surface area contributed by atoms with Crippen LogP contribution in [0.5, 0.6) is 0 Å². The van der Waals surface area contributed by atoms with Gasteiger partial charge >= 0.3 is 0 Å². The number of carbonyl (C=O) groups excluding carboxylic acids is 2. The molecule has 4 atom stereocenters. The Labute approximate surface area is 163 Å². The average Bonchev–Trinajstić information content (AvgIpc) is 3.39. The molecule has 3 aliphatic heterocycles. The van der Waals surface area contributed by atoms with Crippen molar-refractivity contribution in [2.45, 2.75) is 38.0 Å². The van der Waals surface area contributed by atoms with E-state index in [9.17, 15) is 9.59 Å². The van der Waals surface area contributed by atoms with Crippen molar-refractivity contribution in [3.63, 3.8) is 0 Å². The first-order valence-electron chi connectivity index (χ1n) is 10.00. The van der Waals surface area contributed by atoms with Crippen molar-refractivity contribution >= 4 is 22.7 Å². The molecule has 28 heavy (non-hydrogen) atoms. The van der Waals surface area contributed by atoms with E-state index in [0.717, 1.165) is 11.9 Å². The fraction of sp³-hybridized carbons (Fsp3) is 0.455. The molecular weight excluding hydrogens is 354 g/mol. The fourth-order valence-electron chi connectivity index (χ4n) is 5.04. The molecule has 5 rings (SSSR count). The monoisotopic (exact) mass is 379 g/mol. The molecule has 1 aromatic carbocycles. The molecule has 6 heteroatoms. The molecule has 6 nitrogen and oxygen atoms in total. The molecule has 2 bridgehead atoms. The lowest BCUT2D eigenvalue weighted by atomic mass is 9.76. The lowest BCUT2D eigenvalue weighted by Crippen LogP contribution is -2.45. The number of likely N-dealkylation sites (tertiary alicyclic amines) is 1. The minimum atomic E-state index is -0.638. The van der Waals surface area contributed by atoms with E-state index in [4.69, 9.17) is 4.74 Å². The predicted octanol–water partition coefficient (Wildman–Crippen LogP) is 2.02. The summed E-state index contributed by atoms with van der Waals surface area (Å²) in [7, 11) is 0. The van der Waals surface area contributed by atoms with Crippen molar-refractivity contribution in [1.29, 1.82) is 0 Å². The molecule has 2 amide bonds. The van der Waals surface area contributed by atoms with Gasteiger partial charge in [-0.25, -0.2) is 0 Å². The van der Waals surface area contributed by atoms with Crippen molar-refractivity contribution in [1.82, 2.24) is 15.2 Å². The van der Waals surface area contributed by atoms with E-state index >= 15 is 0 Å². The SMILES string of the molecule is CC(C)NC(=O)[C@H]1[C@H]2C(=O)N(CCc3c[nH]c4ccccc34)C[C@]23C=C[C@H]1O3. The number of hydrogen-bond donors (Lipinski definition) is 2. The molecule has 1 spiro atoms. The van der Waals surface area contributed by atoms with Crippen LogP contribution in [-0.2, 0) is 20.7 Å². The van der Waals surface area contributed by atoms with E-state index in [1.54, 1.807) is 0 Å². The van der Waals surface area contributed by atoms with Gasteiger partial charge in [0, 0.05) is 29.7 Å². The third-order valence-corrected chi connectivity index (χ3v) is 6.24. The van der Waals surface area contributed by atoms with Crippen molar-refractivity contribution in [2.24, 2.45) is 11.8 Å². The second kappa shape index (κ2) is 6.21. The fourth-order valence-corrected chi connectivity index (χ4v) is 5.04. The molecule has 0 saturated carbocycles. The lowest BCUT2D eigenvalue weighted by molar-refractivity contribution is -0.137. The highest BCUT2D eigenvalue weighted by Crippen LogP contribution is 2.51. The van der Waals surface area contributed by atoms with Crippen LogP contribution in [0.2, 0.25) is 0 Å². The van der Waals surface area contributed by atoms with E-state index in [1.807, 2.05) is 49.2 Å². The number of nitrogens with one attached hydrogen (secondary N) is 2. The van der Waals surface area contributed by atoms with E-state index in [2.05, 4.69) is 22.4 Å². The minimum absolute atomic E-state index is 0.0376. The van der Waals surface area contributed by atoms with Crippen LogP contribution in [0, 0.1) is 11.8 Å². The Balaban J connectivity index is 1.34. The largest absolute Gasteiger partial charge is 0.361 e. The first kappa shape index (κ1) is 17.5. The summed E-state index contributed by atoms with van der Waals surface area (Å²) >= 11 is 0. The molecule has 2 saturated heterocycles. The van der Waals surface area contributed by atoms with Gasteiger partial charge in [0.1, 0.15) is 5.60 Å². The Morgan fingerprint density at radius 2 is 2.21 bits per heavy atom. The van der Waals surface area contributed by atoms with Crippen LogP contribution in [0.4, 0.5) is 0 Å². The van der Waals surface area contributed by atoms with Gasteiger partial charge in [-0.3, -0.25) is 9.59 Å². The third-order valence-electron chi connectivity index (χ3n) is 6.24. The van der Waals surface area contributed by atoms with Gasteiger partial charge in [0.05, 0.1) is 24.5 Å². The summed E-state index contributed by atoms with van der Waals surface area (Å²) in [4.78, 5) is 31.1. The second-order valence-corrected chi connectivity index (χ2v) is 8.43. The molecule has 0 aliphatic carbocycles. The first-order valence-corrected chi connectivity index (χ1v) is 10.00. The first-order chi connectivity index (χ1) is 13.5. The molecule has 1 aromatic heterocycles. The predicted molar refractivity (Wildman–Crippen MR) is 106 cm³/mol. The van der Waals surface area contributed by atoms with Crippen molar-refractivity contribution in [2.75, 3.05) is 13.1 Å². The number of amides is 2. The Hall–Kier alpha value is -2.60. The third kappa shape index (κ3) is 2.51. The number of nitrogens with zero attached hydrogens (tertiary/aromatic N) is 1. The Morgan fingerprint density at radius 1 is 1.39 bits per heavy atom. The van der Waals surface area contributed by atoms with Crippen molar-refractivity contribution in [3.8, 4) is 0 Å². The maximum atomic E-state index is 13.2. The lowest BCUT2D eigenvalue weighted by Gasteiger charge is -2.24. The molecule has 2 N–H and O–H groups in total. The van der Waals surface area contributed by atoms with Crippen LogP contribution in [0.25, 0.3) is 10.9 Å². The highest BCUT2D eigenvalue weighted by Gasteiger charge is 2.66. The van der Waals surface area contributed by atoms with E-state index in [0.29, 0.717) is 13.1 Å². The van der Waals surface area contributed by atoms with Crippen LogP contribution in [0.3, 0.4) is 0 Å². The van der Waals surface area contributed by atoms with Gasteiger partial charge in [-0.2, -0.15) is 0 Å². The summed E-state index contributed by atoms with van der Waals surface area (Å²) in [6, 6.07) is 8.23. The summed E-state index contributed by atoms with van der Waals surface area (Å²) < 4.78 is 6.17. The van der Waals surface area contributed by atoms with Gasteiger partial charge < -0.3 is 19.9 Å². The van der Waals surface area contributed by atoms with Gasteiger partial charge in [-0.05, 0) is 31.9 Å². The molecule has 146 valence electrons. The maximum Gasteiger partial charge on any atom is 0.230 e. The number of carbonyl (C=O) groups is 2. The van der Waals surface area contributed by atoms with Gasteiger partial charge in [0.25, 0.3) is 0 Å². The van der Waals surface area contributed by atoms with Crippen LogP contribution >= 0.6 is 0 Å². The zero-order chi connectivity index (χ0) is 19.5. The Morgan fingerprint density at radius 3 is 3.04 bits per heavy atom. The van der Waals surface area contributed by atoms with Crippen molar-refractivity contribution < 1.29 is 14.3 Å². The van der Waals surface area contributed by atoms with E-state index in [1.165, 1.54) is 10.9 Å². The number of para-hydroxylation sites is 1. The number of rotatable bonds is 5. The second-order valence-electron chi connectivity index (χ2n) is 8.43. The van der Waals surface area contributed by atoms with Gasteiger partial charge in [0.2, 0.25) is 11.8 Å². The number of aromatic nitrogens is 1. The van der Waals surface area contributed by atoms with E-state index < -0.39 is 17.4 Å². The minimum Gasteiger partial charge on any atom is -0.361 e. The maximum absolute atomic E-state index is 13.2. The van der Waals surface area contributed by atoms with E-state index in [-0.39, 0.29) is 24.0 Å². The van der Waals surface area contributed by atoms with Crippen LogP contribution in [0.1, 0.15) is 19.4 Å². The summed E-state index contributed by atoms with van der Waals surface area (Å²) in [6.45, 7) is 5.01. The number of fused-ring (bicyclic) bond motifs is 2. The highest BCUT2D eigenvalue weighted by atomic mass is 16.5. The van der Waals surface area contributed by atoms with Crippen LogP contribution in [-0.4, -0.2) is 52.5 Å². The molecule has 0 unspecified atom stereocenters. The Kier molecular flexibility index (Phi) is 3.88.